The average molecular weight is 176 g/mol. The van der Waals surface area contributed by atoms with Crippen LogP contribution in [0.3, 0.4) is 0 Å². The molecule has 1 aliphatic carbocycles. The van der Waals surface area contributed by atoms with Crippen LogP contribution in [0, 0.1) is 0 Å². The first-order valence-electron chi connectivity index (χ1n) is 4.22. The van der Waals surface area contributed by atoms with E-state index in [0.717, 1.165) is 11.6 Å². The Morgan fingerprint density at radius 2 is 1.92 bits per heavy atom. The molecule has 0 amide bonds. The zero-order valence-corrected chi connectivity index (χ0v) is 7.03. The second-order valence-corrected chi connectivity index (χ2v) is 3.16. The number of ketones is 1. The number of carbonyl (C=O) groups excluding carboxylic acids is 1. The molecule has 0 heterocycles. The van der Waals surface area contributed by atoms with Gasteiger partial charge in [-0.15, -0.1) is 0 Å². The maximum absolute atomic E-state index is 13.2. The molecule has 2 rings (SSSR count). The van der Waals surface area contributed by atoms with E-state index in [9.17, 15) is 9.18 Å². The molecule has 0 aromatic heterocycles. The first-order chi connectivity index (χ1) is 6.27. The summed E-state index contributed by atoms with van der Waals surface area (Å²) in [6.07, 6.45) is 1.37. The van der Waals surface area contributed by atoms with Crippen molar-refractivity contribution in [2.24, 2.45) is 0 Å². The van der Waals surface area contributed by atoms with Gasteiger partial charge in [-0.05, 0) is 5.56 Å². The minimum Gasteiger partial charge on any atom is -0.295 e. The van der Waals surface area contributed by atoms with Gasteiger partial charge in [0.15, 0.2) is 5.78 Å². The number of hydrogen-bond donors (Lipinski definition) is 0. The molecule has 2 heteroatoms. The van der Waals surface area contributed by atoms with E-state index in [2.05, 4.69) is 0 Å². The van der Waals surface area contributed by atoms with Gasteiger partial charge < -0.3 is 0 Å². The summed E-state index contributed by atoms with van der Waals surface area (Å²) in [5.41, 5.74) is 0.877. The minimum absolute atomic E-state index is 0.119. The summed E-state index contributed by atoms with van der Waals surface area (Å²) in [5, 5.41) is 0. The summed E-state index contributed by atoms with van der Waals surface area (Å²) in [4.78, 5) is 10.9. The first-order valence-corrected chi connectivity index (χ1v) is 4.22. The molecular formula is C11H9FO. The molecule has 0 N–H and O–H groups in total. The summed E-state index contributed by atoms with van der Waals surface area (Å²) in [5.74, 6) is -0.767. The Bertz CT molecular complexity index is 354. The molecule has 0 saturated heterocycles. The minimum atomic E-state index is -0.339. The predicted molar refractivity (Wildman–Crippen MR) is 48.0 cm³/mol. The smallest absolute Gasteiger partial charge is 0.159 e. The third-order valence-corrected chi connectivity index (χ3v) is 2.24. The fourth-order valence-electron chi connectivity index (χ4n) is 1.57. The standard InChI is InChI=1S/C11H9FO/c12-11-7-9(13)6-10(11)8-4-2-1-3-5-8/h1-5,7,10H,6H2. The number of carbonyl (C=O) groups is 1. The van der Waals surface area contributed by atoms with Crippen molar-refractivity contribution >= 4 is 5.78 Å². The average Bonchev–Trinajstić information content (AvgIpc) is 2.47. The molecule has 1 nitrogen and oxygen atoms in total. The molecule has 1 aliphatic rings. The van der Waals surface area contributed by atoms with Gasteiger partial charge in [-0.2, -0.15) is 0 Å². The molecule has 13 heavy (non-hydrogen) atoms. The van der Waals surface area contributed by atoms with Crippen LogP contribution in [-0.2, 0) is 4.79 Å². The van der Waals surface area contributed by atoms with Gasteiger partial charge in [-0.25, -0.2) is 4.39 Å². The zero-order valence-electron chi connectivity index (χ0n) is 7.03. The summed E-state index contributed by atoms with van der Waals surface area (Å²) in [6.45, 7) is 0. The molecule has 0 fully saturated rings. The molecule has 1 atom stereocenters. The molecule has 1 aromatic rings. The normalized spacial score (nSPS) is 21.8. The van der Waals surface area contributed by atoms with Gasteiger partial charge in [0.1, 0.15) is 5.83 Å². The van der Waals surface area contributed by atoms with E-state index in [1.54, 1.807) is 0 Å². The van der Waals surface area contributed by atoms with Crippen LogP contribution in [0.2, 0.25) is 0 Å². The maximum atomic E-state index is 13.2. The largest absolute Gasteiger partial charge is 0.295 e. The van der Waals surface area contributed by atoms with E-state index in [1.807, 2.05) is 30.3 Å². The van der Waals surface area contributed by atoms with E-state index in [4.69, 9.17) is 0 Å². The van der Waals surface area contributed by atoms with Gasteiger partial charge in [0.2, 0.25) is 0 Å². The molecule has 1 aromatic carbocycles. The highest BCUT2D eigenvalue weighted by molar-refractivity contribution is 5.94. The third-order valence-electron chi connectivity index (χ3n) is 2.24. The van der Waals surface area contributed by atoms with Gasteiger partial charge in [0.25, 0.3) is 0 Å². The van der Waals surface area contributed by atoms with Crippen LogP contribution in [0.15, 0.2) is 42.2 Å². The van der Waals surface area contributed by atoms with Crippen molar-refractivity contribution in [3.63, 3.8) is 0 Å². The van der Waals surface area contributed by atoms with Crippen molar-refractivity contribution in [1.82, 2.24) is 0 Å². The van der Waals surface area contributed by atoms with Crippen LogP contribution in [0.1, 0.15) is 17.9 Å². The Hall–Kier alpha value is -1.44. The molecule has 66 valence electrons. The number of benzene rings is 1. The number of allylic oxidation sites excluding steroid dienone is 2. The van der Waals surface area contributed by atoms with Crippen molar-refractivity contribution in [2.75, 3.05) is 0 Å². The lowest BCUT2D eigenvalue weighted by Gasteiger charge is -2.07. The van der Waals surface area contributed by atoms with E-state index in [-0.39, 0.29) is 23.9 Å². The van der Waals surface area contributed by atoms with Crippen LogP contribution in [0.25, 0.3) is 0 Å². The summed E-state index contributed by atoms with van der Waals surface area (Å²) in [6, 6.07) is 9.27. The monoisotopic (exact) mass is 176 g/mol. The predicted octanol–water partition coefficient (Wildman–Crippen LogP) is 2.60. The fraction of sp³-hybridized carbons (Fsp3) is 0.182. The van der Waals surface area contributed by atoms with Crippen molar-refractivity contribution in [3.8, 4) is 0 Å². The number of hydrogen-bond acceptors (Lipinski definition) is 1. The summed E-state index contributed by atoms with van der Waals surface area (Å²) >= 11 is 0. The SMILES string of the molecule is O=C1C=C(F)C(c2ccccc2)C1. The van der Waals surface area contributed by atoms with E-state index < -0.39 is 0 Å². The summed E-state index contributed by atoms with van der Waals surface area (Å²) < 4.78 is 13.2. The van der Waals surface area contributed by atoms with Gasteiger partial charge in [-0.3, -0.25) is 4.79 Å². The number of halogens is 1. The highest BCUT2D eigenvalue weighted by Gasteiger charge is 2.26. The van der Waals surface area contributed by atoms with Gasteiger partial charge >= 0.3 is 0 Å². The highest BCUT2D eigenvalue weighted by Crippen LogP contribution is 2.33. The van der Waals surface area contributed by atoms with Crippen LogP contribution in [-0.4, -0.2) is 5.78 Å². The lowest BCUT2D eigenvalue weighted by molar-refractivity contribution is -0.114. The Kier molecular flexibility index (Phi) is 1.97. The summed E-state index contributed by atoms with van der Waals surface area (Å²) in [7, 11) is 0. The molecule has 0 radical (unpaired) electrons. The second-order valence-electron chi connectivity index (χ2n) is 3.16. The second kappa shape index (κ2) is 3.13. The Morgan fingerprint density at radius 1 is 1.23 bits per heavy atom. The Morgan fingerprint density at radius 3 is 2.46 bits per heavy atom. The van der Waals surface area contributed by atoms with Gasteiger partial charge in [0, 0.05) is 18.4 Å². The van der Waals surface area contributed by atoms with Gasteiger partial charge in [-0.1, -0.05) is 30.3 Å². The molecular weight excluding hydrogens is 167 g/mol. The Labute approximate surface area is 75.9 Å². The van der Waals surface area contributed by atoms with Crippen LogP contribution in [0.4, 0.5) is 4.39 Å². The van der Waals surface area contributed by atoms with Crippen molar-refractivity contribution in [2.45, 2.75) is 12.3 Å². The zero-order chi connectivity index (χ0) is 9.26. The van der Waals surface area contributed by atoms with Crippen LogP contribution in [0.5, 0.6) is 0 Å². The lowest BCUT2D eigenvalue weighted by Crippen LogP contribution is -1.96. The topological polar surface area (TPSA) is 17.1 Å². The molecule has 1 unspecified atom stereocenters. The first kappa shape index (κ1) is 8.17. The Balaban J connectivity index is 2.30. The molecule has 0 aliphatic heterocycles. The fourth-order valence-corrected chi connectivity index (χ4v) is 1.57. The lowest BCUT2D eigenvalue weighted by atomic mass is 9.98. The van der Waals surface area contributed by atoms with E-state index >= 15 is 0 Å². The third kappa shape index (κ3) is 1.52. The van der Waals surface area contributed by atoms with Crippen molar-refractivity contribution in [1.29, 1.82) is 0 Å². The quantitative estimate of drug-likeness (QED) is 0.642. The molecule has 0 saturated carbocycles. The molecule has 0 bridgehead atoms. The van der Waals surface area contributed by atoms with Crippen LogP contribution >= 0.6 is 0 Å². The van der Waals surface area contributed by atoms with Crippen molar-refractivity contribution in [3.05, 3.63) is 47.8 Å². The molecule has 0 spiro atoms. The van der Waals surface area contributed by atoms with Crippen molar-refractivity contribution < 1.29 is 9.18 Å². The maximum Gasteiger partial charge on any atom is 0.159 e. The van der Waals surface area contributed by atoms with E-state index in [0.29, 0.717) is 0 Å². The highest BCUT2D eigenvalue weighted by atomic mass is 19.1. The number of rotatable bonds is 1. The van der Waals surface area contributed by atoms with Gasteiger partial charge in [0.05, 0.1) is 0 Å². The van der Waals surface area contributed by atoms with Crippen LogP contribution < -0.4 is 0 Å². The van der Waals surface area contributed by atoms with E-state index in [1.165, 1.54) is 0 Å².